The van der Waals surface area contributed by atoms with Gasteiger partial charge in [-0.2, -0.15) is 0 Å². The average Bonchev–Trinajstić information content (AvgIpc) is 2.49. The van der Waals surface area contributed by atoms with Crippen LogP contribution in [0.4, 0.5) is 4.39 Å². The van der Waals surface area contributed by atoms with E-state index in [9.17, 15) is 9.50 Å². The molecular weight excluding hydrogens is 263 g/mol. The average molecular weight is 294 g/mol. The predicted molar refractivity (Wildman–Crippen MR) is 87.8 cm³/mol. The molecule has 1 aromatic rings. The molecule has 0 aliphatic heterocycles. The monoisotopic (exact) mass is 294 g/mol. The van der Waals surface area contributed by atoms with Gasteiger partial charge in [-0.1, -0.05) is 83.3 Å². The van der Waals surface area contributed by atoms with Crippen molar-refractivity contribution in [1.29, 1.82) is 0 Å². The first kappa shape index (κ1) is 18.2. The van der Waals surface area contributed by atoms with Gasteiger partial charge in [-0.05, 0) is 24.1 Å². The highest BCUT2D eigenvalue weighted by molar-refractivity contribution is 5.18. The first-order chi connectivity index (χ1) is 10.2. The van der Waals surface area contributed by atoms with Crippen LogP contribution < -0.4 is 0 Å². The maximum atomic E-state index is 12.8. The van der Waals surface area contributed by atoms with Crippen LogP contribution in [0, 0.1) is 5.82 Å². The van der Waals surface area contributed by atoms with Gasteiger partial charge < -0.3 is 5.11 Å². The van der Waals surface area contributed by atoms with Crippen LogP contribution in [-0.4, -0.2) is 5.11 Å². The van der Waals surface area contributed by atoms with Crippen molar-refractivity contribution in [2.24, 2.45) is 0 Å². The minimum atomic E-state index is -0.445. The topological polar surface area (TPSA) is 20.2 Å². The lowest BCUT2D eigenvalue weighted by molar-refractivity contribution is 0.163. The lowest BCUT2D eigenvalue weighted by Crippen LogP contribution is -1.97. The zero-order chi connectivity index (χ0) is 15.3. The van der Waals surface area contributed by atoms with E-state index in [1.54, 1.807) is 12.1 Å². The minimum Gasteiger partial charge on any atom is -0.388 e. The highest BCUT2D eigenvalue weighted by Gasteiger charge is 2.06. The van der Waals surface area contributed by atoms with E-state index in [0.29, 0.717) is 0 Å². The van der Waals surface area contributed by atoms with E-state index in [2.05, 4.69) is 6.92 Å². The summed E-state index contributed by atoms with van der Waals surface area (Å²) in [6.07, 6.45) is 13.4. The van der Waals surface area contributed by atoms with Crippen LogP contribution >= 0.6 is 0 Å². The maximum Gasteiger partial charge on any atom is 0.123 e. The van der Waals surface area contributed by atoms with E-state index in [-0.39, 0.29) is 5.82 Å². The van der Waals surface area contributed by atoms with E-state index < -0.39 is 6.10 Å². The van der Waals surface area contributed by atoms with Gasteiger partial charge in [0.1, 0.15) is 5.82 Å². The molecule has 0 aliphatic carbocycles. The summed E-state index contributed by atoms with van der Waals surface area (Å²) in [5, 5.41) is 10.0. The van der Waals surface area contributed by atoms with Gasteiger partial charge in [0, 0.05) is 0 Å². The SMILES string of the molecule is CCCCCCCCCCCCC(O)c1ccc(F)cc1. The molecule has 0 spiro atoms. The summed E-state index contributed by atoms with van der Waals surface area (Å²) in [4.78, 5) is 0. The van der Waals surface area contributed by atoms with Crippen molar-refractivity contribution in [3.8, 4) is 0 Å². The Morgan fingerprint density at radius 3 is 1.81 bits per heavy atom. The molecule has 1 rings (SSSR count). The largest absolute Gasteiger partial charge is 0.388 e. The summed E-state index contributed by atoms with van der Waals surface area (Å²) in [5.41, 5.74) is 0.826. The second kappa shape index (κ2) is 11.7. The zero-order valence-electron chi connectivity index (χ0n) is 13.5. The zero-order valence-corrected chi connectivity index (χ0v) is 13.5. The number of hydrogen-bond donors (Lipinski definition) is 1. The molecule has 0 saturated heterocycles. The quantitative estimate of drug-likeness (QED) is 0.457. The number of unbranched alkanes of at least 4 members (excludes halogenated alkanes) is 9. The van der Waals surface area contributed by atoms with Crippen LogP contribution in [0.2, 0.25) is 0 Å². The number of rotatable bonds is 12. The molecule has 0 heterocycles. The normalized spacial score (nSPS) is 12.5. The lowest BCUT2D eigenvalue weighted by atomic mass is 10.0. The Balaban J connectivity index is 1.95. The van der Waals surface area contributed by atoms with Crippen molar-refractivity contribution in [1.82, 2.24) is 0 Å². The van der Waals surface area contributed by atoms with Crippen molar-refractivity contribution in [3.63, 3.8) is 0 Å². The van der Waals surface area contributed by atoms with Gasteiger partial charge in [0.15, 0.2) is 0 Å². The standard InChI is InChI=1S/C19H31FO/c1-2-3-4-5-6-7-8-9-10-11-12-19(21)17-13-15-18(20)16-14-17/h13-16,19,21H,2-12H2,1H3. The molecule has 1 aromatic carbocycles. The van der Waals surface area contributed by atoms with E-state index in [1.165, 1.54) is 69.9 Å². The molecule has 120 valence electrons. The summed E-state index contributed by atoms with van der Waals surface area (Å²) in [6.45, 7) is 2.25. The number of aliphatic hydroxyl groups excluding tert-OH is 1. The highest BCUT2D eigenvalue weighted by Crippen LogP contribution is 2.20. The third-order valence-electron chi connectivity index (χ3n) is 4.09. The van der Waals surface area contributed by atoms with Crippen LogP contribution in [0.25, 0.3) is 0 Å². The number of aliphatic hydroxyl groups is 1. The summed E-state index contributed by atoms with van der Waals surface area (Å²) in [7, 11) is 0. The van der Waals surface area contributed by atoms with Crippen molar-refractivity contribution < 1.29 is 9.50 Å². The van der Waals surface area contributed by atoms with Gasteiger partial charge in [0.05, 0.1) is 6.10 Å². The van der Waals surface area contributed by atoms with Crippen LogP contribution in [0.15, 0.2) is 24.3 Å². The van der Waals surface area contributed by atoms with Crippen LogP contribution in [0.1, 0.15) is 89.2 Å². The molecule has 0 bridgehead atoms. The number of halogens is 1. The Morgan fingerprint density at radius 1 is 0.810 bits per heavy atom. The fraction of sp³-hybridized carbons (Fsp3) is 0.684. The number of hydrogen-bond acceptors (Lipinski definition) is 1. The molecule has 0 aliphatic rings. The van der Waals surface area contributed by atoms with E-state index in [1.807, 2.05) is 0 Å². The Bertz CT molecular complexity index is 347. The van der Waals surface area contributed by atoms with E-state index in [0.717, 1.165) is 18.4 Å². The van der Waals surface area contributed by atoms with Crippen LogP contribution in [0.3, 0.4) is 0 Å². The van der Waals surface area contributed by atoms with Crippen molar-refractivity contribution in [2.75, 3.05) is 0 Å². The van der Waals surface area contributed by atoms with Crippen LogP contribution in [-0.2, 0) is 0 Å². The summed E-state index contributed by atoms with van der Waals surface area (Å²) in [6, 6.07) is 6.18. The molecule has 21 heavy (non-hydrogen) atoms. The smallest absolute Gasteiger partial charge is 0.123 e. The number of benzene rings is 1. The van der Waals surface area contributed by atoms with Gasteiger partial charge in [-0.3, -0.25) is 0 Å². The molecule has 2 heteroatoms. The third-order valence-corrected chi connectivity index (χ3v) is 4.09. The molecule has 0 saturated carbocycles. The predicted octanol–water partition coefficient (Wildman–Crippen LogP) is 6.17. The Morgan fingerprint density at radius 2 is 1.29 bits per heavy atom. The van der Waals surface area contributed by atoms with Gasteiger partial charge in [0.25, 0.3) is 0 Å². The summed E-state index contributed by atoms with van der Waals surface area (Å²) >= 11 is 0. The molecule has 0 aromatic heterocycles. The molecule has 1 unspecified atom stereocenters. The van der Waals surface area contributed by atoms with Gasteiger partial charge >= 0.3 is 0 Å². The van der Waals surface area contributed by atoms with Crippen molar-refractivity contribution >= 4 is 0 Å². The van der Waals surface area contributed by atoms with Crippen molar-refractivity contribution in [2.45, 2.75) is 83.7 Å². The van der Waals surface area contributed by atoms with Gasteiger partial charge in [-0.25, -0.2) is 4.39 Å². The third kappa shape index (κ3) is 8.87. The molecule has 0 radical (unpaired) electrons. The first-order valence-electron chi connectivity index (χ1n) is 8.67. The highest BCUT2D eigenvalue weighted by atomic mass is 19.1. The Labute approximate surface area is 129 Å². The molecule has 1 atom stereocenters. The van der Waals surface area contributed by atoms with E-state index >= 15 is 0 Å². The fourth-order valence-electron chi connectivity index (χ4n) is 2.68. The molecule has 1 N–H and O–H groups in total. The molecule has 1 nitrogen and oxygen atoms in total. The Kier molecular flexibility index (Phi) is 10.1. The molecule has 0 amide bonds. The van der Waals surface area contributed by atoms with Gasteiger partial charge in [0.2, 0.25) is 0 Å². The minimum absolute atomic E-state index is 0.245. The van der Waals surface area contributed by atoms with Gasteiger partial charge in [-0.15, -0.1) is 0 Å². The summed E-state index contributed by atoms with van der Waals surface area (Å²) < 4.78 is 12.8. The molecular formula is C19H31FO. The second-order valence-corrected chi connectivity index (χ2v) is 6.04. The summed E-state index contributed by atoms with van der Waals surface area (Å²) in [5.74, 6) is -0.245. The lowest BCUT2D eigenvalue weighted by Gasteiger charge is -2.10. The van der Waals surface area contributed by atoms with E-state index in [4.69, 9.17) is 0 Å². The van der Waals surface area contributed by atoms with Crippen molar-refractivity contribution in [3.05, 3.63) is 35.6 Å². The van der Waals surface area contributed by atoms with Crippen LogP contribution in [0.5, 0.6) is 0 Å². The Hall–Kier alpha value is -0.890. The first-order valence-corrected chi connectivity index (χ1v) is 8.67. The second-order valence-electron chi connectivity index (χ2n) is 6.04. The maximum absolute atomic E-state index is 12.8. The molecule has 0 fully saturated rings. The fourth-order valence-corrected chi connectivity index (χ4v) is 2.68.